The number of benzene rings is 2. The molecule has 0 aliphatic rings. The van der Waals surface area contributed by atoms with Crippen molar-refractivity contribution in [1.29, 1.82) is 0 Å². The number of ether oxygens (including phenoxy) is 3. The quantitative estimate of drug-likeness (QED) is 0.0411. The summed E-state index contributed by atoms with van der Waals surface area (Å²) in [6.07, 6.45) is 5.63. The number of imidazole rings is 2. The number of nitrogen functional groups attached to an aromatic ring is 2. The molecule has 0 amide bonds. The molecule has 356 valence electrons. The van der Waals surface area contributed by atoms with Crippen LogP contribution < -0.4 is 30.7 Å². The van der Waals surface area contributed by atoms with Crippen LogP contribution in [0.1, 0.15) is 61.8 Å². The number of para-hydroxylation sites is 2. The van der Waals surface area contributed by atoms with Crippen molar-refractivity contribution < 1.29 is 42.0 Å². The molecular weight excluding hydrogens is 890 g/mol. The number of fused-ring (bicyclic) bond motifs is 2. The van der Waals surface area contributed by atoms with Crippen LogP contribution in [0.5, 0.6) is 11.5 Å². The molecule has 0 spiro atoms. The molecule has 6 aromatic rings. The monoisotopic (exact) mass is 950 g/mol. The Morgan fingerprint density at radius 1 is 0.621 bits per heavy atom. The fourth-order valence-corrected chi connectivity index (χ4v) is 10.3. The van der Waals surface area contributed by atoms with E-state index in [1.165, 1.54) is 12.7 Å². The lowest BCUT2D eigenvalue weighted by atomic mass is 10.1. The van der Waals surface area contributed by atoms with E-state index in [9.17, 15) is 18.7 Å². The number of aromatic nitrogens is 8. The normalized spacial score (nSPS) is 15.2. The van der Waals surface area contributed by atoms with Gasteiger partial charge in [0.05, 0.1) is 37.5 Å². The summed E-state index contributed by atoms with van der Waals surface area (Å²) in [6.45, 7) is 15.1. The molecule has 23 heteroatoms. The van der Waals surface area contributed by atoms with Crippen LogP contribution in [-0.2, 0) is 46.0 Å². The van der Waals surface area contributed by atoms with Gasteiger partial charge in [-0.05, 0) is 85.1 Å². The van der Waals surface area contributed by atoms with Crippen LogP contribution in [0.25, 0.3) is 22.3 Å². The highest BCUT2D eigenvalue weighted by Gasteiger charge is 2.33. The predicted octanol–water partition coefficient (Wildman–Crippen LogP) is 6.61. The number of anilines is 2. The number of nitrogens with zero attached hydrogens (tertiary/aromatic N) is 8. The van der Waals surface area contributed by atoms with Crippen LogP contribution in [0.15, 0.2) is 86.0 Å². The fraction of sp³-hybridized carbons (Fsp3) is 0.442. The number of nitrogens with one attached hydrogen (secondary N) is 2. The zero-order valence-electron chi connectivity index (χ0n) is 38.4. The van der Waals surface area contributed by atoms with E-state index in [1.807, 2.05) is 30.5 Å². The molecule has 66 heavy (non-hydrogen) atoms. The lowest BCUT2D eigenvalue weighted by Crippen LogP contribution is -2.37. The van der Waals surface area contributed by atoms with E-state index in [4.69, 9.17) is 34.7 Å². The van der Waals surface area contributed by atoms with Crippen molar-refractivity contribution in [2.45, 2.75) is 105 Å². The lowest BCUT2D eigenvalue weighted by Gasteiger charge is -2.25. The van der Waals surface area contributed by atoms with Crippen LogP contribution in [-0.4, -0.2) is 93.9 Å². The number of hydrogen-bond donors (Lipinski definition) is 4. The molecule has 0 fully saturated rings. The third-order valence-corrected chi connectivity index (χ3v) is 13.4. The number of hydrogen-bond acceptors (Lipinski definition) is 17. The van der Waals surface area contributed by atoms with E-state index in [0.29, 0.717) is 65.0 Å². The van der Waals surface area contributed by atoms with Crippen molar-refractivity contribution in [3.05, 3.63) is 86.0 Å². The molecule has 2 aromatic carbocycles. The Bertz CT molecular complexity index is 2420. The number of nitrogens with two attached hydrogens (primary N) is 2. The minimum Gasteiger partial charge on any atom is -0.462 e. The summed E-state index contributed by atoms with van der Waals surface area (Å²) in [5.74, 6) is 0.596. The van der Waals surface area contributed by atoms with Gasteiger partial charge in [-0.2, -0.15) is 0 Å². The Balaban J connectivity index is 0.000000247. The van der Waals surface area contributed by atoms with Crippen molar-refractivity contribution in [2.24, 2.45) is 5.92 Å². The lowest BCUT2D eigenvalue weighted by molar-refractivity contribution is -0.149. The highest BCUT2D eigenvalue weighted by Crippen LogP contribution is 2.46. The summed E-state index contributed by atoms with van der Waals surface area (Å²) >= 11 is 0. The maximum absolute atomic E-state index is 13.7. The van der Waals surface area contributed by atoms with Gasteiger partial charge in [0.2, 0.25) is 0 Å². The topological polar surface area (TPSA) is 278 Å². The van der Waals surface area contributed by atoms with Crippen molar-refractivity contribution in [3.8, 4) is 11.5 Å². The smallest absolute Gasteiger partial charge is 0.342 e. The summed E-state index contributed by atoms with van der Waals surface area (Å²) in [5, 5.41) is 5.68. The summed E-state index contributed by atoms with van der Waals surface area (Å²) < 4.78 is 59.0. The minimum atomic E-state index is -3.64. The molecule has 6 rings (SSSR count). The first kappa shape index (κ1) is 51.0. The van der Waals surface area contributed by atoms with E-state index in [1.54, 1.807) is 107 Å². The predicted molar refractivity (Wildman–Crippen MR) is 251 cm³/mol. The molecule has 6 atom stereocenters. The summed E-state index contributed by atoms with van der Waals surface area (Å²) in [5.41, 5.74) is 14.0. The molecule has 0 bridgehead atoms. The summed E-state index contributed by atoms with van der Waals surface area (Å²) in [6, 6.07) is 16.0. The summed E-state index contributed by atoms with van der Waals surface area (Å²) in [4.78, 5) is 49.4. The third-order valence-electron chi connectivity index (χ3n) is 9.45. The molecule has 4 heterocycles. The van der Waals surface area contributed by atoms with Gasteiger partial charge in [0.1, 0.15) is 53.6 Å². The summed E-state index contributed by atoms with van der Waals surface area (Å²) in [7, 11) is -7.05. The first-order valence-corrected chi connectivity index (χ1v) is 25.0. The molecule has 1 unspecified atom stereocenters. The second-order valence-corrected chi connectivity index (χ2v) is 20.5. The first-order chi connectivity index (χ1) is 31.3. The highest BCUT2D eigenvalue weighted by molar-refractivity contribution is 7.57. The van der Waals surface area contributed by atoms with E-state index in [-0.39, 0.29) is 36.7 Å². The van der Waals surface area contributed by atoms with Crippen molar-refractivity contribution in [2.75, 3.05) is 24.0 Å². The van der Waals surface area contributed by atoms with Gasteiger partial charge in [-0.15, -0.1) is 0 Å². The van der Waals surface area contributed by atoms with Crippen LogP contribution >= 0.6 is 15.0 Å². The van der Waals surface area contributed by atoms with Gasteiger partial charge in [-0.25, -0.2) is 40.1 Å². The van der Waals surface area contributed by atoms with Crippen molar-refractivity contribution >= 4 is 60.9 Å². The van der Waals surface area contributed by atoms with Crippen LogP contribution in [0.3, 0.4) is 0 Å². The molecule has 21 nitrogen and oxygen atoms in total. The zero-order chi connectivity index (χ0) is 48.0. The molecule has 0 saturated carbocycles. The maximum atomic E-state index is 13.7. The average Bonchev–Trinajstić information content (AvgIpc) is 3.88. The molecule has 0 radical (unpaired) electrons. The maximum Gasteiger partial charge on any atom is 0.342 e. The van der Waals surface area contributed by atoms with Gasteiger partial charge in [-0.3, -0.25) is 18.7 Å². The Morgan fingerprint density at radius 2 is 1.06 bits per heavy atom. The zero-order valence-corrected chi connectivity index (χ0v) is 40.2. The Hall–Kier alpha value is -5.98. The van der Waals surface area contributed by atoms with Gasteiger partial charge >= 0.3 is 27.0 Å². The van der Waals surface area contributed by atoms with Crippen molar-refractivity contribution in [1.82, 2.24) is 49.2 Å². The fourth-order valence-electron chi connectivity index (χ4n) is 6.33. The molecule has 6 N–H and O–H groups in total. The molecule has 4 aromatic heterocycles. The second-order valence-electron chi connectivity index (χ2n) is 16.2. The van der Waals surface area contributed by atoms with E-state index >= 15 is 0 Å². The van der Waals surface area contributed by atoms with Crippen LogP contribution in [0.2, 0.25) is 0 Å². The molecular formula is C43H60N12O9P2. The standard InChI is InChI=1S/C22H31N6O4P.C21H29N6O5P/c1-15(2)31-22(29)17(4)27-33(30,32-18-8-6-5-7-9-18)11-10-16(3)12-28-14-26-19-20(23)24-13-25-21(19)28;1-14(2)31-21(28)16(4)26-33(29,32-17-8-6-5-7-9-17)13-30-15(3)10-27-12-25-18-19(22)23-11-24-20(18)27/h5-9,13-17H,10-12H2,1-4H3,(H,27,30)(H2,23,24,25);5-9,11-12,14-16H,10,13H2,1-4H3,(H,26,29)(H2,22,23,24)/t16-,17-,33?;15-,16+,33+/m01/s1. The van der Waals surface area contributed by atoms with Crippen LogP contribution in [0, 0.1) is 5.92 Å². The Morgan fingerprint density at radius 3 is 1.53 bits per heavy atom. The number of esters is 2. The Kier molecular flexibility index (Phi) is 18.1. The van der Waals surface area contributed by atoms with Crippen LogP contribution in [0.4, 0.5) is 11.6 Å². The van der Waals surface area contributed by atoms with E-state index in [0.717, 1.165) is 0 Å². The highest BCUT2D eigenvalue weighted by atomic mass is 31.2. The first-order valence-electron chi connectivity index (χ1n) is 21.4. The third kappa shape index (κ3) is 15.0. The molecule has 0 saturated heterocycles. The molecule has 0 aliphatic heterocycles. The Labute approximate surface area is 383 Å². The molecule has 0 aliphatic carbocycles. The average molecular weight is 951 g/mol. The largest absolute Gasteiger partial charge is 0.462 e. The number of rotatable bonds is 22. The second kappa shape index (κ2) is 23.5. The van der Waals surface area contributed by atoms with Crippen molar-refractivity contribution in [3.63, 3.8) is 0 Å². The SMILES string of the molecule is CC(C)OC(=O)[C@H](C)NP(=O)(CC[C@H](C)Cn1cnc2c(N)ncnc21)Oc1ccccc1.CC(C)OC(=O)[C@H](C)N[P@](=O)(CO[C@H](C)Cn1cnc2c(N)ncnc21)Oc1ccccc1. The van der Waals surface area contributed by atoms with Gasteiger partial charge in [0.15, 0.2) is 22.9 Å². The van der Waals surface area contributed by atoms with E-state index in [2.05, 4.69) is 40.1 Å². The van der Waals surface area contributed by atoms with Gasteiger partial charge in [-0.1, -0.05) is 43.3 Å². The minimum absolute atomic E-state index is 0.117. The van der Waals surface area contributed by atoms with Gasteiger partial charge in [0, 0.05) is 12.7 Å². The van der Waals surface area contributed by atoms with Gasteiger partial charge in [0.25, 0.3) is 0 Å². The number of carbonyl (C=O) groups excluding carboxylic acids is 2. The number of carbonyl (C=O) groups is 2. The van der Waals surface area contributed by atoms with E-state index < -0.39 is 39.1 Å². The van der Waals surface area contributed by atoms with Gasteiger partial charge < -0.3 is 43.9 Å².